The molecular weight excluding hydrogens is 260 g/mol. The summed E-state index contributed by atoms with van der Waals surface area (Å²) in [5.41, 5.74) is 0. The van der Waals surface area contributed by atoms with Crippen molar-refractivity contribution >= 4 is 5.97 Å². The van der Waals surface area contributed by atoms with Gasteiger partial charge in [-0.2, -0.15) is 0 Å². The molecule has 0 bridgehead atoms. The van der Waals surface area contributed by atoms with E-state index in [1.165, 1.54) is 32.8 Å². The van der Waals surface area contributed by atoms with Gasteiger partial charge in [0.1, 0.15) is 0 Å². The largest absolute Gasteiger partial charge is 0.469 e. The molecule has 0 aliphatic rings. The second-order valence-corrected chi connectivity index (χ2v) is 5.42. The first kappa shape index (κ1) is 16.3. The Kier molecular flexibility index (Phi) is 13.2. The lowest BCUT2D eigenvalue weighted by Gasteiger charge is -1.99. The fourth-order valence-corrected chi connectivity index (χ4v) is 2.08. The van der Waals surface area contributed by atoms with Gasteiger partial charge in [0.05, 0.1) is 9.85 Å². The van der Waals surface area contributed by atoms with E-state index >= 15 is 0 Å². The molecule has 0 unspecified atom stereocenters. The molecule has 0 fully saturated rings. The Balaban J connectivity index is 3.67. The summed E-state index contributed by atoms with van der Waals surface area (Å²) in [7, 11) is 1.42. The highest BCUT2D eigenvalue weighted by molar-refractivity contribution is 5.68. The molecule has 0 N–H and O–H groups in total. The van der Waals surface area contributed by atoms with Crippen LogP contribution in [0, 0.1) is 0 Å². The van der Waals surface area contributed by atoms with Gasteiger partial charge in [0.2, 0.25) is 0 Å². The SMILES string of the molecule is [2H]C(/C=C/CCCCCC)=C(/[2H])CCCCCCCC(=O)OC. The number of esters is 1. The predicted molar refractivity (Wildman–Crippen MR) is 91.4 cm³/mol. The molecule has 2 heteroatoms. The summed E-state index contributed by atoms with van der Waals surface area (Å²) < 4.78 is 20.4. The maximum absolute atomic E-state index is 10.9. The highest BCUT2D eigenvalue weighted by Gasteiger charge is 1.98. The van der Waals surface area contributed by atoms with Gasteiger partial charge in [-0.1, -0.05) is 69.7 Å². The lowest BCUT2D eigenvalue weighted by molar-refractivity contribution is -0.140. The van der Waals surface area contributed by atoms with Crippen molar-refractivity contribution in [3.8, 4) is 0 Å². The average molecular weight is 296 g/mol. The lowest BCUT2D eigenvalue weighted by atomic mass is 10.1. The van der Waals surface area contributed by atoms with Crippen molar-refractivity contribution in [2.24, 2.45) is 0 Å². The van der Waals surface area contributed by atoms with Crippen molar-refractivity contribution in [3.63, 3.8) is 0 Å². The second-order valence-electron chi connectivity index (χ2n) is 5.42. The van der Waals surface area contributed by atoms with Gasteiger partial charge >= 0.3 is 5.97 Å². The van der Waals surface area contributed by atoms with Crippen LogP contribution in [-0.4, -0.2) is 13.1 Å². The number of methoxy groups -OCH3 is 1. The van der Waals surface area contributed by atoms with E-state index in [1.54, 1.807) is 6.08 Å². The van der Waals surface area contributed by atoms with Crippen LogP contribution >= 0.6 is 0 Å². The Labute approximate surface area is 134 Å². The minimum Gasteiger partial charge on any atom is -0.469 e. The maximum Gasteiger partial charge on any atom is 0.305 e. The summed E-state index contributed by atoms with van der Waals surface area (Å²) >= 11 is 0. The fraction of sp³-hybridized carbons (Fsp3) is 0.737. The summed E-state index contributed by atoms with van der Waals surface area (Å²) in [4.78, 5) is 10.9. The molecule has 0 heterocycles. The number of allylic oxidation sites excluding steroid dienone is 4. The number of carbonyl (C=O) groups excluding carboxylic acids is 1. The van der Waals surface area contributed by atoms with Gasteiger partial charge in [-0.15, -0.1) is 0 Å². The maximum atomic E-state index is 10.9. The standard InChI is InChI=1S/C19H34O2/c1-3-4-5-6-7-8-9-10-11-12-13-14-15-16-17-18-19(20)21-2/h8-11H,3-7,12-18H2,1-2H3/b9-8+,11-10+/i10D,11D. The van der Waals surface area contributed by atoms with E-state index in [-0.39, 0.29) is 5.97 Å². The zero-order valence-electron chi connectivity index (χ0n) is 16.0. The lowest BCUT2D eigenvalue weighted by Crippen LogP contribution is -1.98. The number of hydrogen-bond donors (Lipinski definition) is 0. The topological polar surface area (TPSA) is 26.3 Å². The summed E-state index contributed by atoms with van der Waals surface area (Å²) in [5, 5.41) is 0. The van der Waals surface area contributed by atoms with Crippen molar-refractivity contribution in [3.05, 3.63) is 24.3 Å². The van der Waals surface area contributed by atoms with E-state index in [9.17, 15) is 4.79 Å². The van der Waals surface area contributed by atoms with Crippen molar-refractivity contribution in [1.29, 1.82) is 0 Å². The molecule has 0 saturated carbocycles. The molecule has 0 saturated heterocycles. The molecular formula is C19H34O2. The minimum atomic E-state index is -0.137. The summed E-state index contributed by atoms with van der Waals surface area (Å²) in [6, 6.07) is 0.788. The van der Waals surface area contributed by atoms with Gasteiger partial charge in [0.15, 0.2) is 0 Å². The van der Waals surface area contributed by atoms with E-state index in [0.29, 0.717) is 24.9 Å². The van der Waals surface area contributed by atoms with Gasteiger partial charge in [-0.05, 0) is 32.1 Å². The van der Waals surface area contributed by atoms with Gasteiger partial charge in [-0.3, -0.25) is 4.79 Å². The Hall–Kier alpha value is -1.05. The molecule has 2 nitrogen and oxygen atoms in total. The number of rotatable bonds is 14. The molecule has 0 aromatic carbocycles. The number of unbranched alkanes of at least 4 members (excludes halogenated alkanes) is 8. The van der Waals surface area contributed by atoms with Crippen LogP contribution in [0.3, 0.4) is 0 Å². The smallest absolute Gasteiger partial charge is 0.305 e. The van der Waals surface area contributed by atoms with Gasteiger partial charge in [0.25, 0.3) is 0 Å². The first-order chi connectivity index (χ1) is 11.1. The van der Waals surface area contributed by atoms with Crippen LogP contribution in [0.25, 0.3) is 0 Å². The molecule has 0 amide bonds. The van der Waals surface area contributed by atoms with Crippen molar-refractivity contribution in [2.45, 2.75) is 84.0 Å². The van der Waals surface area contributed by atoms with E-state index < -0.39 is 0 Å². The van der Waals surface area contributed by atoms with Crippen LogP contribution < -0.4 is 0 Å². The third-order valence-electron chi connectivity index (χ3n) is 3.44. The molecule has 0 aliphatic heterocycles. The highest BCUT2D eigenvalue weighted by atomic mass is 16.5. The number of ether oxygens (including phenoxy) is 1. The monoisotopic (exact) mass is 296 g/mol. The Bertz CT molecular complexity index is 362. The minimum absolute atomic E-state index is 0.137. The molecule has 0 aromatic heterocycles. The Morgan fingerprint density at radius 3 is 2.43 bits per heavy atom. The van der Waals surface area contributed by atoms with Crippen LogP contribution in [0.2, 0.25) is 0 Å². The summed E-state index contributed by atoms with van der Waals surface area (Å²) in [6.45, 7) is 2.20. The first-order valence-electron chi connectivity index (χ1n) is 9.51. The third-order valence-corrected chi connectivity index (χ3v) is 3.44. The first-order valence-corrected chi connectivity index (χ1v) is 8.51. The molecule has 0 rings (SSSR count). The van der Waals surface area contributed by atoms with E-state index in [4.69, 9.17) is 2.74 Å². The molecule has 0 radical (unpaired) electrons. The number of carbonyl (C=O) groups is 1. The summed E-state index contributed by atoms with van der Waals surface area (Å²) in [5.74, 6) is -0.137. The average Bonchev–Trinajstić information content (AvgIpc) is 2.56. The van der Waals surface area contributed by atoms with Crippen molar-refractivity contribution in [2.75, 3.05) is 7.11 Å². The molecule has 0 spiro atoms. The zero-order chi connectivity index (χ0) is 17.3. The van der Waals surface area contributed by atoms with Gasteiger partial charge < -0.3 is 4.74 Å². The molecule has 21 heavy (non-hydrogen) atoms. The summed E-state index contributed by atoms with van der Waals surface area (Å²) in [6.07, 6.45) is 15.9. The molecule has 122 valence electrons. The molecule has 0 aromatic rings. The molecule has 0 aliphatic carbocycles. The molecule has 0 atom stereocenters. The Morgan fingerprint density at radius 2 is 1.67 bits per heavy atom. The van der Waals surface area contributed by atoms with Crippen molar-refractivity contribution in [1.82, 2.24) is 0 Å². The fourth-order valence-electron chi connectivity index (χ4n) is 2.08. The van der Waals surface area contributed by atoms with Crippen LogP contribution in [0.4, 0.5) is 0 Å². The highest BCUT2D eigenvalue weighted by Crippen LogP contribution is 2.08. The van der Waals surface area contributed by atoms with Gasteiger partial charge in [0, 0.05) is 6.42 Å². The van der Waals surface area contributed by atoms with Crippen molar-refractivity contribution < 1.29 is 12.3 Å². The van der Waals surface area contributed by atoms with Crippen LogP contribution in [0.1, 0.15) is 86.7 Å². The second kappa shape index (κ2) is 17.0. The zero-order valence-corrected chi connectivity index (χ0v) is 14.0. The van der Waals surface area contributed by atoms with Crippen LogP contribution in [0.5, 0.6) is 0 Å². The Morgan fingerprint density at radius 1 is 1.00 bits per heavy atom. The number of hydrogen-bond acceptors (Lipinski definition) is 2. The van der Waals surface area contributed by atoms with E-state index in [1.807, 2.05) is 6.08 Å². The normalized spacial score (nSPS) is 13.8. The predicted octanol–water partition coefficient (Wildman–Crippen LogP) is 5.97. The van der Waals surface area contributed by atoms with E-state index in [2.05, 4.69) is 11.7 Å². The van der Waals surface area contributed by atoms with Crippen LogP contribution in [-0.2, 0) is 9.53 Å². The van der Waals surface area contributed by atoms with Gasteiger partial charge in [-0.25, -0.2) is 0 Å². The third kappa shape index (κ3) is 16.9. The van der Waals surface area contributed by atoms with Crippen LogP contribution in [0.15, 0.2) is 24.3 Å². The quantitative estimate of drug-likeness (QED) is 0.224. The van der Waals surface area contributed by atoms with E-state index in [0.717, 1.165) is 38.5 Å².